The van der Waals surface area contributed by atoms with Crippen molar-refractivity contribution in [2.75, 3.05) is 26.2 Å². The molecule has 1 rings (SSSR count). The minimum atomic E-state index is 0.710. The maximum Gasteiger partial charge on any atom is 0.165 e. The fourth-order valence-electron chi connectivity index (χ4n) is 1.89. The first-order valence-electron chi connectivity index (χ1n) is 5.07. The van der Waals surface area contributed by atoms with Crippen LogP contribution in [-0.4, -0.2) is 48.4 Å². The van der Waals surface area contributed by atoms with Crippen molar-refractivity contribution in [3.05, 3.63) is 0 Å². The number of nitrogens with zero attached hydrogens (tertiary/aromatic N) is 2. The van der Waals surface area contributed by atoms with Crippen molar-refractivity contribution >= 4 is 6.72 Å². The SMILES string of the molecule is C=[N+](CC)C1CCN(CCC)C1. The molecule has 2 heteroatoms. The van der Waals surface area contributed by atoms with Gasteiger partial charge in [-0.25, -0.2) is 4.58 Å². The Morgan fingerprint density at radius 1 is 1.50 bits per heavy atom. The fourth-order valence-corrected chi connectivity index (χ4v) is 1.89. The Morgan fingerprint density at radius 3 is 2.83 bits per heavy atom. The van der Waals surface area contributed by atoms with Crippen LogP contribution < -0.4 is 0 Å². The molecule has 0 aromatic heterocycles. The highest BCUT2D eigenvalue weighted by molar-refractivity contribution is 5.15. The van der Waals surface area contributed by atoms with Crippen molar-refractivity contribution in [1.29, 1.82) is 0 Å². The van der Waals surface area contributed by atoms with E-state index >= 15 is 0 Å². The molecule has 70 valence electrons. The molecule has 12 heavy (non-hydrogen) atoms. The second-order valence-corrected chi connectivity index (χ2v) is 3.65. The summed E-state index contributed by atoms with van der Waals surface area (Å²) in [5.74, 6) is 0. The highest BCUT2D eigenvalue weighted by Gasteiger charge is 2.27. The number of likely N-dealkylation sites (N-methyl/N-ethyl adjacent to an activating group) is 1. The minimum absolute atomic E-state index is 0.710. The molecule has 0 aliphatic carbocycles. The smallest absolute Gasteiger partial charge is 0.165 e. The van der Waals surface area contributed by atoms with Gasteiger partial charge in [0.15, 0.2) is 6.04 Å². The van der Waals surface area contributed by atoms with E-state index in [0.717, 1.165) is 6.54 Å². The van der Waals surface area contributed by atoms with Crippen LogP contribution in [0.25, 0.3) is 0 Å². The van der Waals surface area contributed by atoms with Crippen LogP contribution in [0.15, 0.2) is 0 Å². The molecule has 1 saturated heterocycles. The average molecular weight is 169 g/mol. The number of hydrogen-bond donors (Lipinski definition) is 0. The molecule has 0 saturated carbocycles. The zero-order valence-corrected chi connectivity index (χ0v) is 8.42. The second kappa shape index (κ2) is 4.61. The number of likely N-dealkylation sites (tertiary alicyclic amines) is 1. The second-order valence-electron chi connectivity index (χ2n) is 3.65. The molecule has 0 bridgehead atoms. The molecule has 0 aromatic rings. The molecule has 0 amide bonds. The molecule has 1 fully saturated rings. The van der Waals surface area contributed by atoms with E-state index in [1.807, 2.05) is 0 Å². The van der Waals surface area contributed by atoms with E-state index in [2.05, 4.69) is 30.0 Å². The number of hydrogen-bond acceptors (Lipinski definition) is 1. The summed E-state index contributed by atoms with van der Waals surface area (Å²) in [6.45, 7) is 13.3. The maximum atomic E-state index is 4.04. The lowest BCUT2D eigenvalue weighted by Crippen LogP contribution is -2.29. The van der Waals surface area contributed by atoms with E-state index in [-0.39, 0.29) is 0 Å². The van der Waals surface area contributed by atoms with Crippen molar-refractivity contribution in [2.45, 2.75) is 32.7 Å². The maximum absolute atomic E-state index is 4.04. The Labute approximate surface area is 75.9 Å². The van der Waals surface area contributed by atoms with Gasteiger partial charge in [0.05, 0.1) is 6.54 Å². The van der Waals surface area contributed by atoms with Gasteiger partial charge < -0.3 is 0 Å². The molecule has 2 nitrogen and oxygen atoms in total. The van der Waals surface area contributed by atoms with Crippen molar-refractivity contribution < 1.29 is 4.58 Å². The van der Waals surface area contributed by atoms with Gasteiger partial charge in [0, 0.05) is 13.0 Å². The standard InChI is InChI=1S/C10H21N2/c1-4-7-12-8-6-10(9-12)11(3)5-2/h10H,3-9H2,1-2H3/q+1. The molecule has 1 aliphatic rings. The Hall–Kier alpha value is -0.370. The van der Waals surface area contributed by atoms with Crippen LogP contribution in [0.5, 0.6) is 0 Å². The zero-order chi connectivity index (χ0) is 8.97. The third kappa shape index (κ3) is 2.31. The average Bonchev–Trinajstić information content (AvgIpc) is 2.52. The Kier molecular flexibility index (Phi) is 3.73. The summed E-state index contributed by atoms with van der Waals surface area (Å²) >= 11 is 0. The van der Waals surface area contributed by atoms with Gasteiger partial charge in [-0.05, 0) is 19.9 Å². The van der Waals surface area contributed by atoms with Gasteiger partial charge in [0.1, 0.15) is 13.3 Å². The minimum Gasteiger partial charge on any atom is -0.297 e. The summed E-state index contributed by atoms with van der Waals surface area (Å²) in [6, 6.07) is 0.710. The lowest BCUT2D eigenvalue weighted by molar-refractivity contribution is -0.551. The molecular formula is C10H21N2+. The normalized spacial score (nSPS) is 24.7. The fraction of sp³-hybridized carbons (Fsp3) is 0.900. The van der Waals surface area contributed by atoms with Gasteiger partial charge in [-0.1, -0.05) is 6.92 Å². The first kappa shape index (κ1) is 9.72. The van der Waals surface area contributed by atoms with Gasteiger partial charge in [-0.2, -0.15) is 0 Å². The molecule has 1 unspecified atom stereocenters. The van der Waals surface area contributed by atoms with Gasteiger partial charge in [-0.15, -0.1) is 0 Å². The summed E-state index contributed by atoms with van der Waals surface area (Å²) < 4.78 is 2.22. The molecule has 0 spiro atoms. The first-order valence-corrected chi connectivity index (χ1v) is 5.07. The summed E-state index contributed by atoms with van der Waals surface area (Å²) in [5.41, 5.74) is 0. The lowest BCUT2D eigenvalue weighted by atomic mass is 10.2. The van der Waals surface area contributed by atoms with Crippen LogP contribution in [0, 0.1) is 0 Å². The molecule has 0 aromatic carbocycles. The van der Waals surface area contributed by atoms with Crippen LogP contribution in [0.4, 0.5) is 0 Å². The van der Waals surface area contributed by atoms with Gasteiger partial charge in [0.2, 0.25) is 0 Å². The van der Waals surface area contributed by atoms with E-state index in [4.69, 9.17) is 0 Å². The van der Waals surface area contributed by atoms with Crippen molar-refractivity contribution in [1.82, 2.24) is 4.90 Å². The van der Waals surface area contributed by atoms with Crippen LogP contribution in [0.2, 0.25) is 0 Å². The van der Waals surface area contributed by atoms with Crippen LogP contribution >= 0.6 is 0 Å². The van der Waals surface area contributed by atoms with E-state index in [1.54, 1.807) is 0 Å². The quantitative estimate of drug-likeness (QED) is 0.453. The van der Waals surface area contributed by atoms with Gasteiger partial charge in [-0.3, -0.25) is 4.90 Å². The Bertz CT molecular complexity index is 154. The third-order valence-electron chi connectivity index (χ3n) is 2.71. The third-order valence-corrected chi connectivity index (χ3v) is 2.71. The van der Waals surface area contributed by atoms with Gasteiger partial charge in [0.25, 0.3) is 0 Å². The molecule has 1 heterocycles. The lowest BCUT2D eigenvalue weighted by Gasteiger charge is -2.12. The Morgan fingerprint density at radius 2 is 2.25 bits per heavy atom. The summed E-state index contributed by atoms with van der Waals surface area (Å²) in [7, 11) is 0. The molecular weight excluding hydrogens is 148 g/mol. The van der Waals surface area contributed by atoms with E-state index in [9.17, 15) is 0 Å². The van der Waals surface area contributed by atoms with Crippen LogP contribution in [0.1, 0.15) is 26.7 Å². The van der Waals surface area contributed by atoms with Crippen molar-refractivity contribution in [3.8, 4) is 0 Å². The van der Waals surface area contributed by atoms with Crippen LogP contribution in [0.3, 0.4) is 0 Å². The van der Waals surface area contributed by atoms with Crippen molar-refractivity contribution in [2.24, 2.45) is 0 Å². The molecule has 1 aliphatic heterocycles. The molecule has 0 radical (unpaired) electrons. The predicted octanol–water partition coefficient (Wildman–Crippen LogP) is 1.20. The highest BCUT2D eigenvalue weighted by atomic mass is 15.2. The summed E-state index contributed by atoms with van der Waals surface area (Å²) in [5, 5.41) is 0. The monoisotopic (exact) mass is 169 g/mol. The van der Waals surface area contributed by atoms with E-state index < -0.39 is 0 Å². The molecule has 1 atom stereocenters. The highest BCUT2D eigenvalue weighted by Crippen LogP contribution is 2.11. The van der Waals surface area contributed by atoms with Gasteiger partial charge >= 0.3 is 0 Å². The van der Waals surface area contributed by atoms with Crippen LogP contribution in [-0.2, 0) is 0 Å². The van der Waals surface area contributed by atoms with E-state index in [1.165, 1.54) is 32.5 Å². The zero-order valence-electron chi connectivity index (χ0n) is 8.42. The number of rotatable bonds is 4. The predicted molar refractivity (Wildman–Crippen MR) is 53.1 cm³/mol. The summed E-state index contributed by atoms with van der Waals surface area (Å²) in [6.07, 6.45) is 2.58. The molecule has 0 N–H and O–H groups in total. The first-order chi connectivity index (χ1) is 5.77. The summed E-state index contributed by atoms with van der Waals surface area (Å²) in [4.78, 5) is 2.54. The van der Waals surface area contributed by atoms with Crippen molar-refractivity contribution in [3.63, 3.8) is 0 Å². The largest absolute Gasteiger partial charge is 0.297 e. The topological polar surface area (TPSA) is 6.25 Å². The van der Waals surface area contributed by atoms with E-state index in [0.29, 0.717) is 6.04 Å². The Balaban J connectivity index is 2.30.